The molecule has 1 rings (SSSR count). The fraction of sp³-hybridized carbons (Fsp3) is 0.769. The molecule has 0 aliphatic heterocycles. The predicted octanol–water partition coefficient (Wildman–Crippen LogP) is 2.59. The zero-order valence-electron chi connectivity index (χ0n) is 12.1. The molecule has 0 unspecified atom stereocenters. The first-order valence-electron chi connectivity index (χ1n) is 6.34. The van der Waals surface area contributed by atoms with E-state index in [0.29, 0.717) is 11.6 Å². The summed E-state index contributed by atoms with van der Waals surface area (Å²) in [5, 5.41) is 7.92. The van der Waals surface area contributed by atoms with Crippen molar-refractivity contribution in [3.8, 4) is 0 Å². The van der Waals surface area contributed by atoms with Gasteiger partial charge in [-0.05, 0) is 40.0 Å². The zero-order chi connectivity index (χ0) is 13.9. The van der Waals surface area contributed by atoms with E-state index in [2.05, 4.69) is 24.2 Å². The molecule has 0 aromatic carbocycles. The summed E-state index contributed by atoms with van der Waals surface area (Å²) in [7, 11) is 0. The summed E-state index contributed by atoms with van der Waals surface area (Å²) in [6.45, 7) is 12.4. The van der Waals surface area contributed by atoms with Crippen LogP contribution in [0.15, 0.2) is 0 Å². The minimum Gasteiger partial charge on any atom is -0.455 e. The first-order valence-corrected chi connectivity index (χ1v) is 6.34. The van der Waals surface area contributed by atoms with Gasteiger partial charge in [-0.3, -0.25) is 0 Å². The lowest BCUT2D eigenvalue weighted by molar-refractivity contribution is 0.00619. The summed E-state index contributed by atoms with van der Waals surface area (Å²) >= 11 is 0. The Hall–Kier alpha value is -1.39. The van der Waals surface area contributed by atoms with E-state index in [1.807, 2.05) is 27.7 Å². The summed E-state index contributed by atoms with van der Waals surface area (Å²) in [5.74, 6) is 0.189. The van der Waals surface area contributed by atoms with Crippen LogP contribution in [0.5, 0.6) is 0 Å². The normalized spacial score (nSPS) is 11.9. The Morgan fingerprint density at radius 1 is 1.39 bits per heavy atom. The molecule has 1 aromatic rings. The highest BCUT2D eigenvalue weighted by Crippen LogP contribution is 2.13. The minimum absolute atomic E-state index is 0.314. The Morgan fingerprint density at radius 3 is 2.50 bits per heavy atom. The molecular formula is C13H23N3O2. The number of nitrogens with zero attached hydrogens (tertiary/aromatic N) is 3. The van der Waals surface area contributed by atoms with E-state index in [0.717, 1.165) is 18.7 Å². The second-order valence-corrected chi connectivity index (χ2v) is 5.93. The average Bonchev–Trinajstić information content (AvgIpc) is 2.54. The maximum absolute atomic E-state index is 11.9. The molecule has 0 amide bonds. The Kier molecular flexibility index (Phi) is 4.48. The van der Waals surface area contributed by atoms with Gasteiger partial charge >= 0.3 is 5.97 Å². The maximum Gasteiger partial charge on any atom is 0.361 e. The second kappa shape index (κ2) is 5.50. The standard InChI is InChI=1S/C13H23N3O2/c1-9(2)7-8-16-10(3)11(14-15-16)12(17)18-13(4,5)6/h9H,7-8H2,1-6H3. The van der Waals surface area contributed by atoms with E-state index in [4.69, 9.17) is 4.74 Å². The van der Waals surface area contributed by atoms with E-state index in [9.17, 15) is 4.79 Å². The molecule has 0 bridgehead atoms. The number of carbonyl (C=O) groups is 1. The van der Waals surface area contributed by atoms with Gasteiger partial charge in [0.15, 0.2) is 5.69 Å². The number of hydrogen-bond acceptors (Lipinski definition) is 4. The Bertz CT molecular complexity index is 416. The average molecular weight is 253 g/mol. The lowest BCUT2D eigenvalue weighted by Gasteiger charge is -2.18. The van der Waals surface area contributed by atoms with Crippen LogP contribution < -0.4 is 0 Å². The Labute approximate surface area is 109 Å². The first-order chi connectivity index (χ1) is 8.20. The topological polar surface area (TPSA) is 57.0 Å². The van der Waals surface area contributed by atoms with Crippen LogP contribution in [0.1, 0.15) is 57.2 Å². The molecular weight excluding hydrogens is 230 g/mol. The van der Waals surface area contributed by atoms with E-state index in [-0.39, 0.29) is 0 Å². The van der Waals surface area contributed by atoms with Crippen molar-refractivity contribution in [3.63, 3.8) is 0 Å². The Morgan fingerprint density at radius 2 is 2.00 bits per heavy atom. The molecule has 0 spiro atoms. The molecule has 0 aliphatic rings. The number of rotatable bonds is 4. The van der Waals surface area contributed by atoms with Gasteiger partial charge in [-0.1, -0.05) is 19.1 Å². The van der Waals surface area contributed by atoms with Crippen molar-refractivity contribution in [3.05, 3.63) is 11.4 Å². The van der Waals surface area contributed by atoms with Gasteiger partial charge in [-0.15, -0.1) is 5.10 Å². The lowest BCUT2D eigenvalue weighted by Crippen LogP contribution is -2.24. The Balaban J connectivity index is 2.77. The first kappa shape index (κ1) is 14.7. The molecule has 0 aliphatic carbocycles. The molecule has 102 valence electrons. The number of carbonyl (C=O) groups excluding carboxylic acids is 1. The molecule has 1 aromatic heterocycles. The highest BCUT2D eigenvalue weighted by Gasteiger charge is 2.23. The third kappa shape index (κ3) is 4.13. The predicted molar refractivity (Wildman–Crippen MR) is 69.4 cm³/mol. The quantitative estimate of drug-likeness (QED) is 0.774. The van der Waals surface area contributed by atoms with E-state index in [1.54, 1.807) is 4.68 Å². The third-order valence-corrected chi connectivity index (χ3v) is 2.49. The summed E-state index contributed by atoms with van der Waals surface area (Å²) in [5.41, 5.74) is 0.573. The van der Waals surface area contributed by atoms with Gasteiger partial charge in [0.2, 0.25) is 0 Å². The zero-order valence-corrected chi connectivity index (χ0v) is 12.1. The molecule has 0 N–H and O–H groups in total. The van der Waals surface area contributed by atoms with Gasteiger partial charge in [0.05, 0.1) is 5.69 Å². The number of hydrogen-bond donors (Lipinski definition) is 0. The molecule has 0 saturated heterocycles. The van der Waals surface area contributed by atoms with Crippen molar-refractivity contribution in [1.82, 2.24) is 15.0 Å². The maximum atomic E-state index is 11.9. The fourth-order valence-corrected chi connectivity index (χ4v) is 1.47. The van der Waals surface area contributed by atoms with Crippen molar-refractivity contribution in [2.75, 3.05) is 0 Å². The van der Waals surface area contributed by atoms with Crippen LogP contribution in [0.3, 0.4) is 0 Å². The van der Waals surface area contributed by atoms with Crippen LogP contribution in [0.4, 0.5) is 0 Å². The number of aryl methyl sites for hydroxylation is 1. The smallest absolute Gasteiger partial charge is 0.361 e. The summed E-state index contributed by atoms with van der Waals surface area (Å²) in [6.07, 6.45) is 1.01. The molecule has 0 saturated carbocycles. The largest absolute Gasteiger partial charge is 0.455 e. The fourth-order valence-electron chi connectivity index (χ4n) is 1.47. The lowest BCUT2D eigenvalue weighted by atomic mass is 10.1. The number of ether oxygens (including phenoxy) is 1. The van der Waals surface area contributed by atoms with Crippen molar-refractivity contribution in [2.45, 2.75) is 60.1 Å². The molecule has 18 heavy (non-hydrogen) atoms. The summed E-state index contributed by atoms with van der Waals surface area (Å²) in [6, 6.07) is 0. The molecule has 0 radical (unpaired) electrons. The third-order valence-electron chi connectivity index (χ3n) is 2.49. The summed E-state index contributed by atoms with van der Waals surface area (Å²) in [4.78, 5) is 11.9. The van der Waals surface area contributed by atoms with E-state index >= 15 is 0 Å². The van der Waals surface area contributed by atoms with E-state index < -0.39 is 11.6 Å². The van der Waals surface area contributed by atoms with Crippen molar-refractivity contribution >= 4 is 5.97 Å². The van der Waals surface area contributed by atoms with Crippen LogP contribution >= 0.6 is 0 Å². The van der Waals surface area contributed by atoms with Crippen LogP contribution in [-0.2, 0) is 11.3 Å². The summed E-state index contributed by atoms with van der Waals surface area (Å²) < 4.78 is 7.05. The van der Waals surface area contributed by atoms with Crippen molar-refractivity contribution < 1.29 is 9.53 Å². The van der Waals surface area contributed by atoms with Crippen molar-refractivity contribution in [1.29, 1.82) is 0 Å². The van der Waals surface area contributed by atoms with Gasteiger partial charge in [0, 0.05) is 6.54 Å². The molecule has 0 atom stereocenters. The van der Waals surface area contributed by atoms with Gasteiger partial charge in [-0.2, -0.15) is 0 Å². The van der Waals surface area contributed by atoms with E-state index in [1.165, 1.54) is 0 Å². The number of aromatic nitrogens is 3. The SMILES string of the molecule is Cc1c(C(=O)OC(C)(C)C)nnn1CCC(C)C. The second-order valence-electron chi connectivity index (χ2n) is 5.93. The van der Waals surface area contributed by atoms with Gasteiger partial charge in [-0.25, -0.2) is 9.48 Å². The van der Waals surface area contributed by atoms with Gasteiger partial charge in [0.25, 0.3) is 0 Å². The van der Waals surface area contributed by atoms with Crippen LogP contribution in [0.25, 0.3) is 0 Å². The molecule has 5 heteroatoms. The molecule has 0 fully saturated rings. The van der Waals surface area contributed by atoms with Crippen molar-refractivity contribution in [2.24, 2.45) is 5.92 Å². The molecule has 5 nitrogen and oxygen atoms in total. The van der Waals surface area contributed by atoms with Gasteiger partial charge < -0.3 is 4.74 Å². The van der Waals surface area contributed by atoms with Crippen LogP contribution in [0.2, 0.25) is 0 Å². The highest BCUT2D eigenvalue weighted by atomic mass is 16.6. The minimum atomic E-state index is -0.509. The van der Waals surface area contributed by atoms with Crippen LogP contribution in [-0.4, -0.2) is 26.6 Å². The number of esters is 1. The van der Waals surface area contributed by atoms with Crippen LogP contribution in [0, 0.1) is 12.8 Å². The van der Waals surface area contributed by atoms with Gasteiger partial charge in [0.1, 0.15) is 5.60 Å². The highest BCUT2D eigenvalue weighted by molar-refractivity contribution is 5.88. The molecule has 1 heterocycles. The monoisotopic (exact) mass is 253 g/mol.